The van der Waals surface area contributed by atoms with E-state index in [9.17, 15) is 14.9 Å². The fourth-order valence-electron chi connectivity index (χ4n) is 5.50. The number of rotatable bonds is 10. The van der Waals surface area contributed by atoms with Crippen LogP contribution < -0.4 is 15.3 Å². The van der Waals surface area contributed by atoms with Crippen molar-refractivity contribution in [2.24, 2.45) is 5.92 Å². The van der Waals surface area contributed by atoms with Crippen LogP contribution in [0.5, 0.6) is 0 Å². The van der Waals surface area contributed by atoms with E-state index in [2.05, 4.69) is 81.4 Å². The Morgan fingerprint density at radius 2 is 1.49 bits per heavy atom. The van der Waals surface area contributed by atoms with E-state index in [1.807, 2.05) is 0 Å². The van der Waals surface area contributed by atoms with Gasteiger partial charge in [-0.1, -0.05) is 87.9 Å². The third kappa shape index (κ3) is 5.83. The number of hydrogen-bond donors (Lipinski definition) is 0. The molecule has 6 nitrogen and oxygen atoms in total. The van der Waals surface area contributed by atoms with Crippen molar-refractivity contribution in [3.63, 3.8) is 0 Å². The molecule has 1 unspecified atom stereocenters. The molecule has 0 aliphatic carbocycles. The van der Waals surface area contributed by atoms with Gasteiger partial charge in [-0.3, -0.25) is 14.9 Å². The molecule has 7 heteroatoms. The lowest BCUT2D eigenvalue weighted by Gasteiger charge is -2.43. The van der Waals surface area contributed by atoms with Gasteiger partial charge in [0.25, 0.3) is 14.0 Å². The highest BCUT2D eigenvalue weighted by molar-refractivity contribution is 6.99. The van der Waals surface area contributed by atoms with Crippen LogP contribution in [0.15, 0.2) is 84.9 Å². The molecular weight excluding hydrogens is 480 g/mol. The van der Waals surface area contributed by atoms with Gasteiger partial charge in [0.1, 0.15) is 0 Å². The van der Waals surface area contributed by atoms with Crippen LogP contribution >= 0.6 is 0 Å². The number of nitro benzene ring substituents is 1. The Hall–Kier alpha value is -3.29. The summed E-state index contributed by atoms with van der Waals surface area (Å²) in [4.78, 5) is 24.9. The number of benzene rings is 3. The summed E-state index contributed by atoms with van der Waals surface area (Å²) in [5, 5.41) is 13.4. The van der Waals surface area contributed by atoms with Gasteiger partial charge in [0.05, 0.1) is 4.92 Å². The normalized spacial score (nSPS) is 16.2. The molecule has 1 amide bonds. The number of unbranched alkanes of at least 4 members (excludes halogenated alkanes) is 1. The number of carbonyl (C=O) groups excluding carboxylic acids is 1. The van der Waals surface area contributed by atoms with Gasteiger partial charge in [-0.15, -0.1) is 0 Å². The number of nitrogens with zero attached hydrogens (tertiary/aromatic N) is 2. The molecule has 3 aromatic carbocycles. The molecule has 1 fully saturated rings. The third-order valence-electron chi connectivity index (χ3n) is 7.32. The number of amides is 1. The summed E-state index contributed by atoms with van der Waals surface area (Å²) in [7, 11) is -2.52. The van der Waals surface area contributed by atoms with E-state index >= 15 is 0 Å². The molecule has 3 aromatic rings. The quantitative estimate of drug-likeness (QED) is 0.150. The zero-order valence-electron chi connectivity index (χ0n) is 21.9. The van der Waals surface area contributed by atoms with Crippen molar-refractivity contribution in [2.75, 3.05) is 18.1 Å². The Labute approximate surface area is 220 Å². The SMILES string of the molecule is CC(C)(C)[Si](OCCCCC1CC(=O)N(c2ccc([N+](=O)[O-])cc2)C1)(c1ccccc1)c1ccccc1. The summed E-state index contributed by atoms with van der Waals surface area (Å²) in [6.45, 7) is 8.20. The van der Waals surface area contributed by atoms with Crippen molar-refractivity contribution < 1.29 is 14.1 Å². The zero-order valence-corrected chi connectivity index (χ0v) is 22.9. The fourth-order valence-corrected chi connectivity index (χ4v) is 10.1. The van der Waals surface area contributed by atoms with Crippen molar-refractivity contribution in [1.29, 1.82) is 0 Å². The molecule has 0 radical (unpaired) electrons. The predicted molar refractivity (Wildman–Crippen MR) is 151 cm³/mol. The maximum atomic E-state index is 12.6. The summed E-state index contributed by atoms with van der Waals surface area (Å²) in [6, 6.07) is 27.6. The molecule has 4 rings (SSSR count). The lowest BCUT2D eigenvalue weighted by atomic mass is 10.0. The molecule has 0 bridgehead atoms. The first-order valence-electron chi connectivity index (χ1n) is 13.0. The Kier molecular flexibility index (Phi) is 8.24. The lowest BCUT2D eigenvalue weighted by molar-refractivity contribution is -0.384. The molecule has 0 N–H and O–H groups in total. The molecule has 1 atom stereocenters. The van der Waals surface area contributed by atoms with E-state index < -0.39 is 13.2 Å². The molecule has 1 saturated heterocycles. The van der Waals surface area contributed by atoms with Crippen molar-refractivity contribution in [3.8, 4) is 0 Å². The van der Waals surface area contributed by atoms with Crippen LogP contribution in [0.2, 0.25) is 5.04 Å². The van der Waals surface area contributed by atoms with Gasteiger partial charge in [-0.2, -0.15) is 0 Å². The zero-order chi connectivity index (χ0) is 26.5. The molecular formula is C30H36N2O4Si. The molecule has 37 heavy (non-hydrogen) atoms. The Morgan fingerprint density at radius 1 is 0.919 bits per heavy atom. The second-order valence-corrected chi connectivity index (χ2v) is 15.2. The summed E-state index contributed by atoms with van der Waals surface area (Å²) in [6.07, 6.45) is 3.41. The average Bonchev–Trinajstić information content (AvgIpc) is 3.26. The van der Waals surface area contributed by atoms with E-state index in [0.29, 0.717) is 19.6 Å². The largest absolute Gasteiger partial charge is 0.407 e. The Morgan fingerprint density at radius 3 is 2.00 bits per heavy atom. The van der Waals surface area contributed by atoms with Crippen LogP contribution in [0.3, 0.4) is 0 Å². The maximum absolute atomic E-state index is 12.6. The van der Waals surface area contributed by atoms with E-state index in [4.69, 9.17) is 4.43 Å². The Bertz CT molecular complexity index is 1150. The third-order valence-corrected chi connectivity index (χ3v) is 12.4. The molecule has 1 aliphatic heterocycles. The molecule has 0 spiro atoms. The van der Waals surface area contributed by atoms with Gasteiger partial charge in [0.15, 0.2) is 0 Å². The minimum atomic E-state index is -2.52. The highest BCUT2D eigenvalue weighted by Gasteiger charge is 2.49. The van der Waals surface area contributed by atoms with Crippen LogP contribution in [-0.2, 0) is 9.22 Å². The minimum Gasteiger partial charge on any atom is -0.407 e. The van der Waals surface area contributed by atoms with Crippen molar-refractivity contribution in [3.05, 3.63) is 95.0 Å². The van der Waals surface area contributed by atoms with Crippen molar-refractivity contribution in [1.82, 2.24) is 0 Å². The molecule has 0 saturated carbocycles. The summed E-state index contributed by atoms with van der Waals surface area (Å²) >= 11 is 0. The lowest BCUT2D eigenvalue weighted by Crippen LogP contribution is -2.66. The summed E-state index contributed by atoms with van der Waals surface area (Å²) < 4.78 is 6.98. The first-order valence-corrected chi connectivity index (χ1v) is 14.9. The van der Waals surface area contributed by atoms with E-state index in [1.165, 1.54) is 22.5 Å². The summed E-state index contributed by atoms with van der Waals surface area (Å²) in [5.41, 5.74) is 0.765. The number of anilines is 1. The second-order valence-electron chi connectivity index (χ2n) is 10.9. The number of non-ortho nitro benzene ring substituents is 1. The Balaban J connectivity index is 1.38. The molecule has 194 valence electrons. The van der Waals surface area contributed by atoms with E-state index in [-0.39, 0.29) is 22.6 Å². The van der Waals surface area contributed by atoms with Crippen LogP contribution in [0.25, 0.3) is 0 Å². The van der Waals surface area contributed by atoms with E-state index in [1.54, 1.807) is 17.0 Å². The monoisotopic (exact) mass is 516 g/mol. The number of carbonyl (C=O) groups is 1. The van der Waals surface area contributed by atoms with Crippen LogP contribution in [0, 0.1) is 16.0 Å². The van der Waals surface area contributed by atoms with Gasteiger partial charge in [0, 0.05) is 37.4 Å². The first kappa shape index (κ1) is 26.8. The molecule has 1 heterocycles. The molecule has 0 aromatic heterocycles. The fraction of sp³-hybridized carbons (Fsp3) is 0.367. The second kappa shape index (κ2) is 11.4. The van der Waals surface area contributed by atoms with Gasteiger partial charge < -0.3 is 9.33 Å². The first-order chi connectivity index (χ1) is 17.7. The van der Waals surface area contributed by atoms with Gasteiger partial charge >= 0.3 is 0 Å². The highest BCUT2D eigenvalue weighted by atomic mass is 28.4. The maximum Gasteiger partial charge on any atom is 0.269 e. The number of nitro groups is 1. The smallest absolute Gasteiger partial charge is 0.269 e. The minimum absolute atomic E-state index is 0.0350. The molecule has 1 aliphatic rings. The van der Waals surface area contributed by atoms with Crippen LogP contribution in [-0.4, -0.2) is 32.3 Å². The number of hydrogen-bond acceptors (Lipinski definition) is 4. The average molecular weight is 517 g/mol. The van der Waals surface area contributed by atoms with Crippen molar-refractivity contribution >= 4 is 36.0 Å². The predicted octanol–water partition coefficient (Wildman–Crippen LogP) is 5.69. The van der Waals surface area contributed by atoms with Crippen LogP contribution in [0.4, 0.5) is 11.4 Å². The van der Waals surface area contributed by atoms with E-state index in [0.717, 1.165) is 24.9 Å². The van der Waals surface area contributed by atoms with Gasteiger partial charge in [0.2, 0.25) is 5.91 Å². The van der Waals surface area contributed by atoms with Crippen molar-refractivity contribution in [2.45, 2.75) is 51.5 Å². The topological polar surface area (TPSA) is 72.7 Å². The standard InChI is InChI=1S/C30H36N2O4Si/c1-30(2,3)37(27-13-6-4-7-14-27,28-15-8-5-9-16-28)36-21-11-10-12-24-22-29(33)31(23-24)25-17-19-26(20-18-25)32(34)35/h4-9,13-20,24H,10-12,21-23H2,1-3H3. The van der Waals surface area contributed by atoms with Gasteiger partial charge in [-0.25, -0.2) is 0 Å². The highest BCUT2D eigenvalue weighted by Crippen LogP contribution is 2.37. The summed E-state index contributed by atoms with van der Waals surface area (Å²) in [5.74, 6) is 0.373. The van der Waals surface area contributed by atoms with Gasteiger partial charge in [-0.05, 0) is 46.3 Å². The van der Waals surface area contributed by atoms with Crippen LogP contribution in [0.1, 0.15) is 46.5 Å².